The molecule has 0 bridgehead atoms. The van der Waals surface area contributed by atoms with Crippen LogP contribution in [0.3, 0.4) is 0 Å². The van der Waals surface area contributed by atoms with Crippen LogP contribution < -0.4 is 0 Å². The lowest BCUT2D eigenvalue weighted by atomic mass is 10.1. The normalized spacial score (nSPS) is 20.2. The van der Waals surface area contributed by atoms with Gasteiger partial charge in [0.1, 0.15) is 0 Å². The first-order chi connectivity index (χ1) is 6.68. The first kappa shape index (κ1) is 9.48. The SMILES string of the molecule is O=[N+]([O-])c1ccc2c(c1)SCCC2O. The average Bonchev–Trinajstić information content (AvgIpc) is 2.17. The number of benzene rings is 1. The lowest BCUT2D eigenvalue weighted by molar-refractivity contribution is -0.385. The Bertz CT molecular complexity index is 380. The molecule has 4 nitrogen and oxygen atoms in total. The van der Waals surface area contributed by atoms with Crippen molar-refractivity contribution in [3.63, 3.8) is 0 Å². The van der Waals surface area contributed by atoms with Gasteiger partial charge < -0.3 is 5.11 Å². The van der Waals surface area contributed by atoms with Gasteiger partial charge in [0.05, 0.1) is 11.0 Å². The second-order valence-electron chi connectivity index (χ2n) is 3.13. The third-order valence-electron chi connectivity index (χ3n) is 2.22. The Kier molecular flexibility index (Phi) is 2.43. The third kappa shape index (κ3) is 1.60. The maximum Gasteiger partial charge on any atom is 0.270 e. The predicted octanol–water partition coefficient (Wildman–Crippen LogP) is 2.12. The molecule has 1 atom stereocenters. The summed E-state index contributed by atoms with van der Waals surface area (Å²) in [4.78, 5) is 10.9. The summed E-state index contributed by atoms with van der Waals surface area (Å²) in [5.74, 6) is 0.815. The van der Waals surface area contributed by atoms with Gasteiger partial charge >= 0.3 is 0 Å². The van der Waals surface area contributed by atoms with E-state index in [9.17, 15) is 15.2 Å². The van der Waals surface area contributed by atoms with Crippen LogP contribution in [0.25, 0.3) is 0 Å². The molecule has 74 valence electrons. The van der Waals surface area contributed by atoms with Crippen molar-refractivity contribution in [2.24, 2.45) is 0 Å². The Morgan fingerprint density at radius 3 is 3.07 bits per heavy atom. The molecule has 1 unspecified atom stereocenters. The zero-order chi connectivity index (χ0) is 10.1. The molecule has 0 aromatic heterocycles. The van der Waals surface area contributed by atoms with Crippen LogP contribution in [0, 0.1) is 10.1 Å². The highest BCUT2D eigenvalue weighted by Gasteiger charge is 2.20. The van der Waals surface area contributed by atoms with E-state index >= 15 is 0 Å². The molecule has 1 aliphatic heterocycles. The van der Waals surface area contributed by atoms with Crippen LogP contribution in [0.5, 0.6) is 0 Å². The van der Waals surface area contributed by atoms with Gasteiger partial charge in [0.25, 0.3) is 5.69 Å². The van der Waals surface area contributed by atoms with Gasteiger partial charge in [-0.2, -0.15) is 0 Å². The number of fused-ring (bicyclic) bond motifs is 1. The summed E-state index contributed by atoms with van der Waals surface area (Å²) < 4.78 is 0. The molecule has 5 heteroatoms. The van der Waals surface area contributed by atoms with Gasteiger partial charge in [-0.1, -0.05) is 0 Å². The van der Waals surface area contributed by atoms with Crippen molar-refractivity contribution < 1.29 is 10.0 Å². The number of nitro benzene ring substituents is 1. The zero-order valence-electron chi connectivity index (χ0n) is 7.34. The molecular formula is C9H9NO3S. The van der Waals surface area contributed by atoms with Crippen molar-refractivity contribution >= 4 is 17.4 Å². The molecule has 0 saturated heterocycles. The van der Waals surface area contributed by atoms with Gasteiger partial charge in [-0.3, -0.25) is 10.1 Å². The van der Waals surface area contributed by atoms with E-state index in [4.69, 9.17) is 0 Å². The van der Waals surface area contributed by atoms with E-state index in [1.807, 2.05) is 0 Å². The fourth-order valence-electron chi connectivity index (χ4n) is 1.47. The quantitative estimate of drug-likeness (QED) is 0.571. The topological polar surface area (TPSA) is 63.4 Å². The second-order valence-corrected chi connectivity index (χ2v) is 4.27. The number of nitro groups is 1. The number of rotatable bonds is 1. The molecule has 0 radical (unpaired) electrons. The minimum absolute atomic E-state index is 0.0883. The fraction of sp³-hybridized carbons (Fsp3) is 0.333. The number of nitrogens with zero attached hydrogens (tertiary/aromatic N) is 1. The number of aliphatic hydroxyl groups excluding tert-OH is 1. The Hall–Kier alpha value is -1.07. The molecule has 0 fully saturated rings. The van der Waals surface area contributed by atoms with E-state index in [1.54, 1.807) is 17.8 Å². The highest BCUT2D eigenvalue weighted by Crippen LogP contribution is 2.37. The molecular weight excluding hydrogens is 202 g/mol. The summed E-state index contributed by atoms with van der Waals surface area (Å²) in [6, 6.07) is 4.61. The first-order valence-electron chi connectivity index (χ1n) is 4.27. The van der Waals surface area contributed by atoms with Crippen molar-refractivity contribution in [3.05, 3.63) is 33.9 Å². The van der Waals surface area contributed by atoms with Crippen LogP contribution in [-0.4, -0.2) is 15.8 Å². The fourth-order valence-corrected chi connectivity index (χ4v) is 2.61. The largest absolute Gasteiger partial charge is 0.388 e. The van der Waals surface area contributed by atoms with Gasteiger partial charge in [0.15, 0.2) is 0 Å². The van der Waals surface area contributed by atoms with Crippen LogP contribution in [0.2, 0.25) is 0 Å². The van der Waals surface area contributed by atoms with E-state index < -0.39 is 11.0 Å². The van der Waals surface area contributed by atoms with Gasteiger partial charge in [-0.25, -0.2) is 0 Å². The van der Waals surface area contributed by atoms with Crippen LogP contribution in [-0.2, 0) is 0 Å². The molecule has 2 rings (SSSR count). The molecule has 1 heterocycles. The standard InChI is InChI=1S/C9H9NO3S/c11-8-3-4-14-9-5-6(10(12)13)1-2-7(8)9/h1-2,5,8,11H,3-4H2. The minimum Gasteiger partial charge on any atom is -0.388 e. The smallest absolute Gasteiger partial charge is 0.270 e. The van der Waals surface area contributed by atoms with Gasteiger partial charge in [-0.15, -0.1) is 11.8 Å². The Morgan fingerprint density at radius 1 is 1.57 bits per heavy atom. The Balaban J connectivity index is 2.44. The van der Waals surface area contributed by atoms with E-state index in [-0.39, 0.29) is 5.69 Å². The lowest BCUT2D eigenvalue weighted by Crippen LogP contribution is -2.06. The van der Waals surface area contributed by atoms with Gasteiger partial charge in [0.2, 0.25) is 0 Å². The number of hydrogen-bond donors (Lipinski definition) is 1. The summed E-state index contributed by atoms with van der Waals surface area (Å²) in [5, 5.41) is 20.1. The molecule has 0 spiro atoms. The highest BCUT2D eigenvalue weighted by molar-refractivity contribution is 7.99. The summed E-state index contributed by atoms with van der Waals surface area (Å²) in [6.07, 6.45) is 0.252. The first-order valence-corrected chi connectivity index (χ1v) is 5.26. The van der Waals surface area contributed by atoms with Crippen LogP contribution >= 0.6 is 11.8 Å². The van der Waals surface area contributed by atoms with Gasteiger partial charge in [-0.05, 0) is 18.1 Å². The molecule has 0 saturated carbocycles. The Morgan fingerprint density at radius 2 is 2.36 bits per heavy atom. The lowest BCUT2D eigenvalue weighted by Gasteiger charge is -2.19. The summed E-state index contributed by atoms with van der Waals surface area (Å²) in [7, 11) is 0. The minimum atomic E-state index is -0.466. The maximum atomic E-state index is 10.5. The molecule has 1 N–H and O–H groups in total. The number of aliphatic hydroxyl groups is 1. The zero-order valence-corrected chi connectivity index (χ0v) is 8.16. The van der Waals surface area contributed by atoms with E-state index in [2.05, 4.69) is 0 Å². The molecule has 1 aromatic carbocycles. The molecule has 0 aliphatic carbocycles. The van der Waals surface area contributed by atoms with Crippen LogP contribution in [0.4, 0.5) is 5.69 Å². The van der Waals surface area contributed by atoms with E-state index in [0.29, 0.717) is 0 Å². The molecule has 0 amide bonds. The molecule has 1 aromatic rings. The summed E-state index contributed by atoms with van der Waals surface area (Å²) in [5.41, 5.74) is 0.900. The second kappa shape index (κ2) is 3.59. The van der Waals surface area contributed by atoms with E-state index in [0.717, 1.165) is 22.6 Å². The molecule has 1 aliphatic rings. The number of non-ortho nitro benzene ring substituents is 1. The summed E-state index contributed by atoms with van der Waals surface area (Å²) >= 11 is 1.56. The monoisotopic (exact) mass is 211 g/mol. The summed E-state index contributed by atoms with van der Waals surface area (Å²) in [6.45, 7) is 0. The predicted molar refractivity (Wildman–Crippen MR) is 53.4 cm³/mol. The van der Waals surface area contributed by atoms with Crippen molar-refractivity contribution in [1.82, 2.24) is 0 Å². The Labute approximate surface area is 85.1 Å². The van der Waals surface area contributed by atoms with Crippen LogP contribution in [0.1, 0.15) is 18.1 Å². The van der Waals surface area contributed by atoms with E-state index in [1.165, 1.54) is 12.1 Å². The van der Waals surface area contributed by atoms with Crippen molar-refractivity contribution in [3.8, 4) is 0 Å². The van der Waals surface area contributed by atoms with Gasteiger partial charge in [0, 0.05) is 22.8 Å². The van der Waals surface area contributed by atoms with Crippen molar-refractivity contribution in [1.29, 1.82) is 0 Å². The van der Waals surface area contributed by atoms with Crippen molar-refractivity contribution in [2.45, 2.75) is 17.4 Å². The number of thioether (sulfide) groups is 1. The van der Waals surface area contributed by atoms with Crippen LogP contribution in [0.15, 0.2) is 23.1 Å². The van der Waals surface area contributed by atoms with Crippen molar-refractivity contribution in [2.75, 3.05) is 5.75 Å². The number of hydrogen-bond acceptors (Lipinski definition) is 4. The highest BCUT2D eigenvalue weighted by atomic mass is 32.2. The third-order valence-corrected chi connectivity index (χ3v) is 3.32. The average molecular weight is 211 g/mol. The molecule has 14 heavy (non-hydrogen) atoms. The maximum absolute atomic E-state index is 10.5.